The molecular weight excluding hydrogens is 294 g/mol. The van der Waals surface area contributed by atoms with E-state index in [1.54, 1.807) is 0 Å². The molecule has 1 aromatic rings. The Kier molecular flexibility index (Phi) is 3.89. The first-order valence-electron chi connectivity index (χ1n) is 6.17. The van der Waals surface area contributed by atoms with E-state index in [0.717, 1.165) is 0 Å². The molecule has 1 aliphatic carbocycles. The van der Waals surface area contributed by atoms with Crippen LogP contribution < -0.4 is 5.32 Å². The maximum absolute atomic E-state index is 13.5. The number of hydrogen-bond acceptors (Lipinski definition) is 2. The third-order valence-electron chi connectivity index (χ3n) is 3.57. The molecule has 1 aromatic carbocycles. The average Bonchev–Trinajstić information content (AvgIpc) is 2.90. The third-order valence-corrected chi connectivity index (χ3v) is 3.57. The Hall–Kier alpha value is -2.12. The molecule has 0 unspecified atom stereocenters. The molecule has 1 amide bonds. The Labute approximate surface area is 116 Å². The highest BCUT2D eigenvalue weighted by molar-refractivity contribution is 5.98. The molecule has 4 nitrogen and oxygen atoms in total. The maximum atomic E-state index is 13.5. The van der Waals surface area contributed by atoms with Crippen molar-refractivity contribution in [3.63, 3.8) is 0 Å². The number of carboxylic acid groups (broad SMARTS) is 1. The van der Waals surface area contributed by atoms with Crippen molar-refractivity contribution in [2.24, 2.45) is 0 Å². The lowest BCUT2D eigenvalue weighted by molar-refractivity contribution is -0.144. The second-order valence-corrected chi connectivity index (χ2v) is 4.90. The van der Waals surface area contributed by atoms with Crippen molar-refractivity contribution >= 4 is 11.9 Å². The molecule has 0 radical (unpaired) electrons. The van der Waals surface area contributed by atoms with Crippen molar-refractivity contribution in [3.05, 3.63) is 34.9 Å². The maximum Gasteiger partial charge on any atom is 0.329 e. The number of aliphatic carboxylic acids is 1. The van der Waals surface area contributed by atoms with Crippen LogP contribution in [0, 0.1) is 23.3 Å². The monoisotopic (exact) mass is 305 g/mol. The van der Waals surface area contributed by atoms with E-state index in [1.165, 1.54) is 0 Å². The number of carbonyl (C=O) groups is 2. The molecule has 0 bridgehead atoms. The predicted octanol–water partition coefficient (Wildman–Crippen LogP) is 2.37. The van der Waals surface area contributed by atoms with E-state index >= 15 is 0 Å². The number of nitrogens with one attached hydrogen (secondary N) is 1. The number of hydrogen-bond donors (Lipinski definition) is 2. The number of amides is 1. The number of carboxylic acids is 1. The largest absolute Gasteiger partial charge is 0.480 e. The van der Waals surface area contributed by atoms with Gasteiger partial charge < -0.3 is 10.4 Å². The Morgan fingerprint density at radius 1 is 1.05 bits per heavy atom. The molecule has 0 heterocycles. The van der Waals surface area contributed by atoms with Gasteiger partial charge in [-0.25, -0.2) is 22.4 Å². The van der Waals surface area contributed by atoms with Crippen molar-refractivity contribution in [1.82, 2.24) is 5.32 Å². The summed E-state index contributed by atoms with van der Waals surface area (Å²) < 4.78 is 52.5. The highest BCUT2D eigenvalue weighted by atomic mass is 19.2. The molecule has 1 aliphatic rings. The van der Waals surface area contributed by atoms with Gasteiger partial charge in [0, 0.05) is 0 Å². The molecular formula is C13H11F4NO3. The van der Waals surface area contributed by atoms with Crippen LogP contribution in [0.15, 0.2) is 6.07 Å². The summed E-state index contributed by atoms with van der Waals surface area (Å²) in [5.74, 6) is -10.3. The summed E-state index contributed by atoms with van der Waals surface area (Å²) in [4.78, 5) is 23.1. The van der Waals surface area contributed by atoms with Gasteiger partial charge in [-0.3, -0.25) is 4.79 Å². The van der Waals surface area contributed by atoms with Crippen LogP contribution in [0.3, 0.4) is 0 Å². The van der Waals surface area contributed by atoms with Gasteiger partial charge in [-0.05, 0) is 18.9 Å². The van der Waals surface area contributed by atoms with Crippen LogP contribution in [0.5, 0.6) is 0 Å². The second kappa shape index (κ2) is 5.34. The Morgan fingerprint density at radius 2 is 1.62 bits per heavy atom. The minimum absolute atomic E-state index is 0.127. The summed E-state index contributed by atoms with van der Waals surface area (Å²) in [6, 6.07) is 0.202. The summed E-state index contributed by atoms with van der Waals surface area (Å²) in [6.07, 6.45) is 1.34. The van der Waals surface area contributed by atoms with E-state index < -0.39 is 46.2 Å². The Morgan fingerprint density at radius 3 is 2.14 bits per heavy atom. The number of benzene rings is 1. The van der Waals surface area contributed by atoms with Gasteiger partial charge in [0.15, 0.2) is 23.3 Å². The zero-order valence-electron chi connectivity index (χ0n) is 10.7. The molecule has 114 valence electrons. The van der Waals surface area contributed by atoms with Crippen LogP contribution in [0.1, 0.15) is 36.0 Å². The molecule has 1 saturated carbocycles. The highest BCUT2D eigenvalue weighted by Gasteiger charge is 2.43. The van der Waals surface area contributed by atoms with Gasteiger partial charge in [-0.15, -0.1) is 0 Å². The van der Waals surface area contributed by atoms with Crippen molar-refractivity contribution < 1.29 is 32.3 Å². The van der Waals surface area contributed by atoms with Crippen LogP contribution in [0.4, 0.5) is 17.6 Å². The van der Waals surface area contributed by atoms with Gasteiger partial charge in [0.1, 0.15) is 5.54 Å². The van der Waals surface area contributed by atoms with Crippen LogP contribution in [0.2, 0.25) is 0 Å². The molecule has 2 N–H and O–H groups in total. The van der Waals surface area contributed by atoms with Crippen molar-refractivity contribution in [2.75, 3.05) is 0 Å². The van der Waals surface area contributed by atoms with E-state index in [9.17, 15) is 27.2 Å². The van der Waals surface area contributed by atoms with Gasteiger partial charge in [0.2, 0.25) is 0 Å². The second-order valence-electron chi connectivity index (χ2n) is 4.90. The topological polar surface area (TPSA) is 66.4 Å². The summed E-state index contributed by atoms with van der Waals surface area (Å²) in [6.45, 7) is 0. The van der Waals surface area contributed by atoms with E-state index in [2.05, 4.69) is 5.32 Å². The first kappa shape index (κ1) is 15.3. The summed E-state index contributed by atoms with van der Waals surface area (Å²) in [7, 11) is 0. The normalized spacial score (nSPS) is 16.8. The minimum atomic E-state index is -2.11. The van der Waals surface area contributed by atoms with Crippen molar-refractivity contribution in [1.29, 1.82) is 0 Å². The molecule has 0 spiro atoms. The van der Waals surface area contributed by atoms with Gasteiger partial charge in [-0.2, -0.15) is 0 Å². The first-order valence-corrected chi connectivity index (χ1v) is 6.17. The van der Waals surface area contributed by atoms with Crippen LogP contribution in [-0.4, -0.2) is 22.5 Å². The van der Waals surface area contributed by atoms with Crippen LogP contribution in [0.25, 0.3) is 0 Å². The lowest BCUT2D eigenvalue weighted by Gasteiger charge is -2.25. The molecule has 1 fully saturated rings. The fourth-order valence-electron chi connectivity index (χ4n) is 2.39. The van der Waals surface area contributed by atoms with Crippen molar-refractivity contribution in [2.45, 2.75) is 31.2 Å². The molecule has 21 heavy (non-hydrogen) atoms. The van der Waals surface area contributed by atoms with Crippen molar-refractivity contribution in [3.8, 4) is 0 Å². The zero-order chi connectivity index (χ0) is 15.8. The Bertz CT molecular complexity index is 612. The minimum Gasteiger partial charge on any atom is -0.480 e. The van der Waals surface area contributed by atoms with Crippen LogP contribution >= 0.6 is 0 Å². The van der Waals surface area contributed by atoms with E-state index in [0.29, 0.717) is 12.8 Å². The van der Waals surface area contributed by atoms with Gasteiger partial charge in [-0.1, -0.05) is 12.8 Å². The highest BCUT2D eigenvalue weighted by Crippen LogP contribution is 2.30. The SMILES string of the molecule is O=C(NC1(C(=O)O)CCCC1)c1cc(F)c(F)c(F)c1F. The van der Waals surface area contributed by atoms with Gasteiger partial charge in [0.25, 0.3) is 5.91 Å². The molecule has 0 aliphatic heterocycles. The average molecular weight is 305 g/mol. The molecule has 0 aromatic heterocycles. The quantitative estimate of drug-likeness (QED) is 0.512. The summed E-state index contributed by atoms with van der Waals surface area (Å²) >= 11 is 0. The van der Waals surface area contributed by atoms with E-state index in [1.807, 2.05) is 0 Å². The lowest BCUT2D eigenvalue weighted by Crippen LogP contribution is -2.52. The zero-order valence-corrected chi connectivity index (χ0v) is 10.7. The lowest BCUT2D eigenvalue weighted by atomic mass is 9.97. The number of halogens is 4. The number of rotatable bonds is 3. The fraction of sp³-hybridized carbons (Fsp3) is 0.385. The third kappa shape index (κ3) is 2.57. The van der Waals surface area contributed by atoms with Crippen LogP contribution in [-0.2, 0) is 4.79 Å². The van der Waals surface area contributed by atoms with E-state index in [-0.39, 0.29) is 18.9 Å². The smallest absolute Gasteiger partial charge is 0.329 e. The van der Waals surface area contributed by atoms with Gasteiger partial charge >= 0.3 is 5.97 Å². The predicted molar refractivity (Wildman–Crippen MR) is 62.6 cm³/mol. The molecule has 8 heteroatoms. The van der Waals surface area contributed by atoms with Gasteiger partial charge in [0.05, 0.1) is 5.56 Å². The number of carbonyl (C=O) groups excluding carboxylic acids is 1. The Balaban J connectivity index is 2.35. The van der Waals surface area contributed by atoms with E-state index in [4.69, 9.17) is 5.11 Å². The summed E-state index contributed by atoms with van der Waals surface area (Å²) in [5, 5.41) is 11.3. The molecule has 0 atom stereocenters. The summed E-state index contributed by atoms with van der Waals surface area (Å²) in [5.41, 5.74) is -2.66. The first-order chi connectivity index (χ1) is 9.78. The molecule has 0 saturated heterocycles. The fourth-order valence-corrected chi connectivity index (χ4v) is 2.39. The molecule has 2 rings (SSSR count). The standard InChI is InChI=1S/C13H11F4NO3/c14-7-5-6(8(15)10(17)9(7)16)11(19)18-13(12(20)21)3-1-2-4-13/h5H,1-4H2,(H,18,19)(H,20,21).